The second-order valence-electron chi connectivity index (χ2n) is 6.60. The first-order chi connectivity index (χ1) is 15.6. The van der Waals surface area contributed by atoms with Gasteiger partial charge in [0.1, 0.15) is 6.34 Å². The number of aliphatic imine (C=N–C) groups is 1. The molecule has 13 heteroatoms. The number of carbonyl (C=O) groups is 4. The van der Waals surface area contributed by atoms with Gasteiger partial charge in [-0.25, -0.2) is 15.6 Å². The molecule has 7 N–H and O–H groups in total. The van der Waals surface area contributed by atoms with E-state index in [1.807, 2.05) is 0 Å². The topological polar surface area (TPSA) is 183 Å². The third-order valence-electron chi connectivity index (χ3n) is 4.13. The van der Waals surface area contributed by atoms with Gasteiger partial charge in [0, 0.05) is 15.6 Å². The maximum Gasteiger partial charge on any atom is 0.335 e. The molecular formula is C20H19Cl2N5O6. The SMILES string of the molecule is NNC=Nc1cc(C(=O)O)cc(C(=O)NCC(=O)NC(CC(=O)O)c2cc(Cl)cc(Cl)c2)c1. The van der Waals surface area contributed by atoms with Gasteiger partial charge in [-0.3, -0.25) is 14.4 Å². The molecule has 2 amide bonds. The number of aromatic carboxylic acids is 1. The van der Waals surface area contributed by atoms with Crippen LogP contribution in [0.5, 0.6) is 0 Å². The third kappa shape index (κ3) is 8.07. The van der Waals surface area contributed by atoms with E-state index in [9.17, 15) is 24.3 Å². The van der Waals surface area contributed by atoms with Crippen LogP contribution in [0, 0.1) is 0 Å². The minimum Gasteiger partial charge on any atom is -0.481 e. The predicted molar refractivity (Wildman–Crippen MR) is 121 cm³/mol. The summed E-state index contributed by atoms with van der Waals surface area (Å²) in [7, 11) is 0. The van der Waals surface area contributed by atoms with E-state index in [1.165, 1.54) is 30.3 Å². The second-order valence-corrected chi connectivity index (χ2v) is 7.47. The largest absolute Gasteiger partial charge is 0.481 e. The standard InChI is InChI=1S/C20H19Cl2N5O6/c21-13-2-10(3-14(22)6-13)16(7-18(29)30)27-17(28)8-24-19(31)11-1-12(20(32)33)5-15(4-11)25-9-26-23/h1-6,9,16H,7-8,23H2,(H,24,31)(H,25,26)(H,27,28)(H,29,30)(H,32,33). The summed E-state index contributed by atoms with van der Waals surface area (Å²) in [5, 5.41) is 23.8. The molecule has 0 aliphatic heterocycles. The molecule has 1 unspecified atom stereocenters. The molecule has 33 heavy (non-hydrogen) atoms. The molecule has 11 nitrogen and oxygen atoms in total. The number of amides is 2. The summed E-state index contributed by atoms with van der Waals surface area (Å²) in [6.45, 7) is -0.510. The lowest BCUT2D eigenvalue weighted by molar-refractivity contribution is -0.137. The van der Waals surface area contributed by atoms with Crippen molar-refractivity contribution >= 4 is 59.0 Å². The minimum absolute atomic E-state index is 0.0596. The Balaban J connectivity index is 2.12. The molecule has 0 fully saturated rings. The third-order valence-corrected chi connectivity index (χ3v) is 4.56. The van der Waals surface area contributed by atoms with Gasteiger partial charge in [0.2, 0.25) is 5.91 Å². The number of nitrogens with zero attached hydrogens (tertiary/aromatic N) is 1. The first kappa shape index (κ1) is 25.6. The van der Waals surface area contributed by atoms with Gasteiger partial charge < -0.3 is 26.3 Å². The van der Waals surface area contributed by atoms with E-state index in [-0.39, 0.29) is 26.9 Å². The van der Waals surface area contributed by atoms with E-state index in [2.05, 4.69) is 21.1 Å². The second kappa shape index (κ2) is 11.8. The fourth-order valence-corrected chi connectivity index (χ4v) is 3.31. The molecule has 0 saturated carbocycles. The normalized spacial score (nSPS) is 11.6. The number of carboxylic acids is 2. The van der Waals surface area contributed by atoms with Crippen LogP contribution < -0.4 is 21.9 Å². The number of nitrogens with one attached hydrogen (secondary N) is 3. The van der Waals surface area contributed by atoms with Crippen molar-refractivity contribution in [2.24, 2.45) is 10.8 Å². The summed E-state index contributed by atoms with van der Waals surface area (Å²) >= 11 is 11.9. The predicted octanol–water partition coefficient (Wildman–Crippen LogP) is 1.88. The lowest BCUT2D eigenvalue weighted by atomic mass is 10.0. The highest BCUT2D eigenvalue weighted by atomic mass is 35.5. The van der Waals surface area contributed by atoms with Crippen LogP contribution in [0.15, 0.2) is 41.4 Å². The molecule has 0 bridgehead atoms. The molecule has 0 radical (unpaired) electrons. The zero-order chi connectivity index (χ0) is 24.5. The van der Waals surface area contributed by atoms with Crippen LogP contribution in [0.25, 0.3) is 0 Å². The summed E-state index contributed by atoms with van der Waals surface area (Å²) in [6.07, 6.45) is 0.647. The molecule has 0 heterocycles. The van der Waals surface area contributed by atoms with Crippen LogP contribution in [0.2, 0.25) is 10.0 Å². The Morgan fingerprint density at radius 2 is 1.64 bits per heavy atom. The fourth-order valence-electron chi connectivity index (χ4n) is 2.76. The van der Waals surface area contributed by atoms with E-state index in [1.54, 1.807) is 0 Å². The van der Waals surface area contributed by atoms with E-state index in [0.717, 1.165) is 12.4 Å². The Morgan fingerprint density at radius 1 is 1.00 bits per heavy atom. The van der Waals surface area contributed by atoms with Gasteiger partial charge in [0.25, 0.3) is 5.91 Å². The fraction of sp³-hybridized carbons (Fsp3) is 0.150. The van der Waals surface area contributed by atoms with Gasteiger partial charge in [-0.15, -0.1) is 0 Å². The van der Waals surface area contributed by atoms with Crippen molar-refractivity contribution in [3.8, 4) is 0 Å². The van der Waals surface area contributed by atoms with Crippen LogP contribution in [-0.4, -0.2) is 46.8 Å². The van der Waals surface area contributed by atoms with Gasteiger partial charge in [-0.05, 0) is 42.0 Å². The molecule has 2 aromatic carbocycles. The number of carboxylic acid groups (broad SMARTS) is 2. The summed E-state index contributed by atoms with van der Waals surface area (Å²) in [5.74, 6) is 1.20. The molecule has 0 aliphatic carbocycles. The minimum atomic E-state index is -1.28. The number of hydrogen-bond acceptors (Lipinski definition) is 6. The maximum atomic E-state index is 12.5. The van der Waals surface area contributed by atoms with Gasteiger partial charge >= 0.3 is 11.9 Å². The van der Waals surface area contributed by atoms with Crippen LogP contribution in [0.4, 0.5) is 5.69 Å². The first-order valence-electron chi connectivity index (χ1n) is 9.21. The molecule has 1 atom stereocenters. The van der Waals surface area contributed by atoms with Crippen molar-refractivity contribution in [2.45, 2.75) is 12.5 Å². The van der Waals surface area contributed by atoms with Crippen molar-refractivity contribution < 1.29 is 29.4 Å². The number of nitrogens with two attached hydrogens (primary N) is 1. The highest BCUT2D eigenvalue weighted by Crippen LogP contribution is 2.25. The average molecular weight is 496 g/mol. The smallest absolute Gasteiger partial charge is 0.335 e. The van der Waals surface area contributed by atoms with Crippen LogP contribution in [0.3, 0.4) is 0 Å². The summed E-state index contributed by atoms with van der Waals surface area (Å²) in [4.78, 5) is 51.2. The van der Waals surface area contributed by atoms with E-state index >= 15 is 0 Å². The van der Waals surface area contributed by atoms with E-state index < -0.39 is 42.8 Å². The molecule has 0 spiro atoms. The Kier molecular flexibility index (Phi) is 9.16. The Labute approximate surface area is 197 Å². The van der Waals surface area contributed by atoms with Crippen LogP contribution >= 0.6 is 23.2 Å². The van der Waals surface area contributed by atoms with Gasteiger partial charge in [-0.1, -0.05) is 23.2 Å². The zero-order valence-corrected chi connectivity index (χ0v) is 18.4. The lowest BCUT2D eigenvalue weighted by Crippen LogP contribution is -2.39. The van der Waals surface area contributed by atoms with Crippen LogP contribution in [0.1, 0.15) is 38.7 Å². The maximum absolute atomic E-state index is 12.5. The molecule has 174 valence electrons. The number of rotatable bonds is 10. The molecule has 0 saturated heterocycles. The summed E-state index contributed by atoms with van der Waals surface area (Å²) in [6, 6.07) is 7.08. The number of aliphatic carboxylic acids is 1. The van der Waals surface area contributed by atoms with E-state index in [0.29, 0.717) is 5.56 Å². The monoisotopic (exact) mass is 495 g/mol. The van der Waals surface area contributed by atoms with Crippen molar-refractivity contribution in [2.75, 3.05) is 6.54 Å². The van der Waals surface area contributed by atoms with E-state index in [4.69, 9.17) is 34.2 Å². The number of hydrazine groups is 1. The summed E-state index contributed by atoms with van der Waals surface area (Å²) in [5.41, 5.74) is 2.41. The molecule has 0 aliphatic rings. The average Bonchev–Trinajstić information content (AvgIpc) is 2.74. The summed E-state index contributed by atoms with van der Waals surface area (Å²) < 4.78 is 0. The number of benzene rings is 2. The van der Waals surface area contributed by atoms with Crippen molar-refractivity contribution in [1.29, 1.82) is 0 Å². The highest BCUT2D eigenvalue weighted by Gasteiger charge is 2.20. The molecule has 2 aromatic rings. The number of halogens is 2. The quantitative estimate of drug-likeness (QED) is 0.125. The first-order valence-corrected chi connectivity index (χ1v) is 9.97. The molecule has 2 rings (SSSR count). The Hall–Kier alpha value is -3.67. The highest BCUT2D eigenvalue weighted by molar-refractivity contribution is 6.34. The Bertz CT molecular complexity index is 1090. The van der Waals surface area contributed by atoms with Crippen molar-refractivity contribution in [1.82, 2.24) is 16.1 Å². The zero-order valence-electron chi connectivity index (χ0n) is 16.8. The van der Waals surface area contributed by atoms with Gasteiger partial charge in [0.15, 0.2) is 0 Å². The van der Waals surface area contributed by atoms with Gasteiger partial charge in [-0.2, -0.15) is 0 Å². The van der Waals surface area contributed by atoms with Crippen molar-refractivity contribution in [3.05, 3.63) is 63.1 Å². The number of carbonyl (C=O) groups excluding carboxylic acids is 2. The lowest BCUT2D eigenvalue weighted by Gasteiger charge is -2.18. The molecule has 0 aromatic heterocycles. The van der Waals surface area contributed by atoms with Crippen molar-refractivity contribution in [3.63, 3.8) is 0 Å². The Morgan fingerprint density at radius 3 is 2.21 bits per heavy atom. The molecular weight excluding hydrogens is 477 g/mol. The van der Waals surface area contributed by atoms with Gasteiger partial charge in [0.05, 0.1) is 30.3 Å². The van der Waals surface area contributed by atoms with Crippen LogP contribution in [-0.2, 0) is 9.59 Å². The number of hydrogen-bond donors (Lipinski definition) is 6.